The number of aryl methyl sites for hydroxylation is 1. The smallest absolute Gasteiger partial charge is 0.253 e. The molecule has 0 saturated heterocycles. The first-order valence-corrected chi connectivity index (χ1v) is 8.54. The van der Waals surface area contributed by atoms with Crippen LogP contribution in [-0.4, -0.2) is 6.04 Å². The van der Waals surface area contributed by atoms with Gasteiger partial charge < -0.3 is 10.6 Å². The molecule has 2 rings (SSSR count). The Balaban J connectivity index is 2.18. The van der Waals surface area contributed by atoms with Gasteiger partial charge >= 0.3 is 0 Å². The maximum Gasteiger partial charge on any atom is 0.253 e. The Morgan fingerprint density at radius 2 is 1.76 bits per heavy atom. The summed E-state index contributed by atoms with van der Waals surface area (Å²) < 4.78 is 0. The Kier molecular flexibility index (Phi) is 5.32. The molecule has 1 atom stereocenters. The van der Waals surface area contributed by atoms with Gasteiger partial charge in [0.1, 0.15) is 11.4 Å². The van der Waals surface area contributed by atoms with E-state index in [1.165, 1.54) is 0 Å². The zero-order valence-corrected chi connectivity index (χ0v) is 15.5. The minimum absolute atomic E-state index is 0.0282. The van der Waals surface area contributed by atoms with Gasteiger partial charge in [0.25, 0.3) is 10.9 Å². The lowest BCUT2D eigenvalue weighted by molar-refractivity contribution is 0.359. The van der Waals surface area contributed by atoms with Crippen molar-refractivity contribution in [2.45, 2.75) is 53.6 Å². The van der Waals surface area contributed by atoms with Crippen molar-refractivity contribution in [2.75, 3.05) is 10.6 Å². The molecule has 2 N–H and O–H groups in total. The third-order valence-corrected chi connectivity index (χ3v) is 4.74. The third-order valence-electron chi connectivity index (χ3n) is 4.74. The van der Waals surface area contributed by atoms with E-state index in [0.717, 1.165) is 17.5 Å². The van der Waals surface area contributed by atoms with E-state index in [2.05, 4.69) is 37.5 Å². The van der Waals surface area contributed by atoms with Gasteiger partial charge in [-0.1, -0.05) is 33.8 Å². The van der Waals surface area contributed by atoms with Crippen LogP contribution in [0.2, 0.25) is 0 Å². The van der Waals surface area contributed by atoms with Crippen molar-refractivity contribution in [1.29, 1.82) is 5.26 Å². The van der Waals surface area contributed by atoms with E-state index >= 15 is 0 Å². The second-order valence-corrected chi connectivity index (χ2v) is 7.44. The molecule has 0 aliphatic rings. The molecule has 5 heteroatoms. The Morgan fingerprint density at radius 3 is 2.32 bits per heavy atom. The molecule has 0 heterocycles. The summed E-state index contributed by atoms with van der Waals surface area (Å²) in [4.78, 5) is 23.8. The molecule has 0 saturated carbocycles. The normalized spacial score (nSPS) is 12.6. The molecule has 132 valence electrons. The second-order valence-electron chi connectivity index (χ2n) is 7.44. The molecular formula is C20H25N3O2. The summed E-state index contributed by atoms with van der Waals surface area (Å²) in [6.07, 6.45) is 0.796. The minimum atomic E-state index is -0.477. The first-order chi connectivity index (χ1) is 11.7. The molecule has 0 aliphatic carbocycles. The maximum atomic E-state index is 11.9. The molecule has 0 spiro atoms. The lowest BCUT2D eigenvalue weighted by Gasteiger charge is -2.30. The van der Waals surface area contributed by atoms with Crippen molar-refractivity contribution in [1.82, 2.24) is 0 Å². The van der Waals surface area contributed by atoms with E-state index < -0.39 is 10.9 Å². The van der Waals surface area contributed by atoms with Crippen LogP contribution in [0.3, 0.4) is 0 Å². The van der Waals surface area contributed by atoms with Gasteiger partial charge in [-0.25, -0.2) is 0 Å². The highest BCUT2D eigenvalue weighted by Gasteiger charge is 2.26. The standard InChI is InChI=1S/C20H25N3O2/c1-6-14-9-13(10-21)7-8-15(14)11-22-16-17(19(25)18(16)24)23-12(2)20(3,4)5/h7-9,12,22-23H,6,11H2,1-5H3/t12-/m1/s1. The molecular weight excluding hydrogens is 314 g/mol. The molecule has 0 amide bonds. The average Bonchev–Trinajstić information content (AvgIpc) is 2.59. The molecule has 2 aromatic rings. The fourth-order valence-corrected chi connectivity index (χ4v) is 2.51. The summed E-state index contributed by atoms with van der Waals surface area (Å²) in [5, 5.41) is 15.3. The van der Waals surface area contributed by atoms with Crippen molar-refractivity contribution in [3.63, 3.8) is 0 Å². The van der Waals surface area contributed by atoms with Gasteiger partial charge in [0, 0.05) is 12.6 Å². The van der Waals surface area contributed by atoms with Gasteiger partial charge in [0.05, 0.1) is 11.6 Å². The van der Waals surface area contributed by atoms with Gasteiger partial charge in [0.15, 0.2) is 0 Å². The van der Waals surface area contributed by atoms with E-state index in [1.54, 1.807) is 6.07 Å². The fraction of sp³-hybridized carbons (Fsp3) is 0.450. The predicted octanol–water partition coefficient (Wildman–Crippen LogP) is 3.18. The topological polar surface area (TPSA) is 82.0 Å². The number of nitrogens with zero attached hydrogens (tertiary/aromatic N) is 1. The van der Waals surface area contributed by atoms with Crippen molar-refractivity contribution >= 4 is 11.4 Å². The number of benzene rings is 1. The van der Waals surface area contributed by atoms with E-state index in [4.69, 9.17) is 5.26 Å². The number of hydrogen-bond donors (Lipinski definition) is 2. The summed E-state index contributed by atoms with van der Waals surface area (Å²) in [7, 11) is 0. The Hall–Kier alpha value is -2.61. The first kappa shape index (κ1) is 18.7. The monoisotopic (exact) mass is 339 g/mol. The van der Waals surface area contributed by atoms with Crippen LogP contribution in [-0.2, 0) is 13.0 Å². The van der Waals surface area contributed by atoms with E-state index in [0.29, 0.717) is 23.5 Å². The summed E-state index contributed by atoms with van der Waals surface area (Å²) in [6.45, 7) is 10.7. The van der Waals surface area contributed by atoms with Crippen LogP contribution < -0.4 is 21.5 Å². The van der Waals surface area contributed by atoms with E-state index in [9.17, 15) is 9.59 Å². The highest BCUT2D eigenvalue weighted by molar-refractivity contribution is 5.74. The molecule has 5 nitrogen and oxygen atoms in total. The molecule has 0 aliphatic heterocycles. The van der Waals surface area contributed by atoms with Gasteiger partial charge in [0.2, 0.25) is 0 Å². The van der Waals surface area contributed by atoms with Crippen LogP contribution >= 0.6 is 0 Å². The van der Waals surface area contributed by atoms with Gasteiger partial charge in [-0.2, -0.15) is 5.26 Å². The molecule has 0 aromatic heterocycles. The number of nitrogens with one attached hydrogen (secondary N) is 2. The van der Waals surface area contributed by atoms with Gasteiger partial charge in [-0.05, 0) is 42.0 Å². The fourth-order valence-electron chi connectivity index (χ4n) is 2.51. The van der Waals surface area contributed by atoms with Crippen LogP contribution in [0.5, 0.6) is 0 Å². The highest BCUT2D eigenvalue weighted by Crippen LogP contribution is 2.25. The summed E-state index contributed by atoms with van der Waals surface area (Å²) in [6, 6.07) is 7.70. The zero-order valence-electron chi connectivity index (χ0n) is 15.5. The van der Waals surface area contributed by atoms with Crippen molar-refractivity contribution in [3.05, 3.63) is 55.3 Å². The Labute approximate surface area is 148 Å². The quantitative estimate of drug-likeness (QED) is 0.790. The third kappa shape index (κ3) is 3.90. The van der Waals surface area contributed by atoms with Crippen LogP contribution in [0.25, 0.3) is 0 Å². The second kappa shape index (κ2) is 7.10. The minimum Gasteiger partial charge on any atom is -0.377 e. The molecule has 0 fully saturated rings. The maximum absolute atomic E-state index is 11.9. The molecule has 25 heavy (non-hydrogen) atoms. The first-order valence-electron chi connectivity index (χ1n) is 8.54. The lowest BCUT2D eigenvalue weighted by Crippen LogP contribution is -2.42. The molecule has 0 unspecified atom stereocenters. The van der Waals surface area contributed by atoms with Crippen molar-refractivity contribution < 1.29 is 0 Å². The largest absolute Gasteiger partial charge is 0.377 e. The Morgan fingerprint density at radius 1 is 1.12 bits per heavy atom. The van der Waals surface area contributed by atoms with Crippen LogP contribution in [0.1, 0.15) is 51.3 Å². The van der Waals surface area contributed by atoms with Crippen LogP contribution in [0.4, 0.5) is 11.4 Å². The number of anilines is 2. The number of rotatable bonds is 6. The molecule has 0 bridgehead atoms. The number of nitriles is 1. The Bertz CT molecular complexity index is 878. The average molecular weight is 339 g/mol. The summed E-state index contributed by atoms with van der Waals surface area (Å²) in [5.74, 6) is 0. The van der Waals surface area contributed by atoms with E-state index in [1.807, 2.05) is 26.0 Å². The van der Waals surface area contributed by atoms with E-state index in [-0.39, 0.29) is 11.5 Å². The lowest BCUT2D eigenvalue weighted by atomic mass is 9.87. The van der Waals surface area contributed by atoms with Crippen LogP contribution in [0, 0.1) is 16.7 Å². The van der Waals surface area contributed by atoms with Gasteiger partial charge in [-0.15, -0.1) is 0 Å². The highest BCUT2D eigenvalue weighted by atomic mass is 16.2. The zero-order chi connectivity index (χ0) is 18.8. The van der Waals surface area contributed by atoms with Gasteiger partial charge in [-0.3, -0.25) is 9.59 Å². The number of hydrogen-bond acceptors (Lipinski definition) is 5. The van der Waals surface area contributed by atoms with Crippen LogP contribution in [0.15, 0.2) is 27.8 Å². The summed E-state index contributed by atoms with van der Waals surface area (Å²) in [5.41, 5.74) is 2.46. The predicted molar refractivity (Wildman–Crippen MR) is 102 cm³/mol. The van der Waals surface area contributed by atoms with Crippen molar-refractivity contribution in [3.8, 4) is 6.07 Å². The SMILES string of the molecule is CCc1cc(C#N)ccc1CNc1c(N[C@H](C)C(C)(C)C)c(=O)c1=O. The molecule has 2 aromatic carbocycles. The molecule has 0 radical (unpaired) electrons. The summed E-state index contributed by atoms with van der Waals surface area (Å²) >= 11 is 0. The van der Waals surface area contributed by atoms with Crippen molar-refractivity contribution in [2.24, 2.45) is 5.41 Å².